The Kier molecular flexibility index (Phi) is 4.33. The zero-order chi connectivity index (χ0) is 21.0. The standard InChI is InChI=1S/C23H29N5O/c1-22(2,18-8-14-12-26-20(24)10-16(14)28(18)5)6-7-23(3,4)19-9-15-13-27-21(25)11-17(15)29-19/h8-13H,6-7H2,1-5H3,(H2,24,26)(H2,25,27). The molecule has 29 heavy (non-hydrogen) atoms. The van der Waals surface area contributed by atoms with Gasteiger partial charge in [-0.15, -0.1) is 0 Å². The summed E-state index contributed by atoms with van der Waals surface area (Å²) in [5.74, 6) is 1.98. The molecule has 0 amide bonds. The first-order valence-corrected chi connectivity index (χ1v) is 9.94. The van der Waals surface area contributed by atoms with Gasteiger partial charge in [0.2, 0.25) is 0 Å². The van der Waals surface area contributed by atoms with E-state index < -0.39 is 0 Å². The number of nitrogen functional groups attached to an aromatic ring is 2. The zero-order valence-electron chi connectivity index (χ0n) is 17.8. The number of nitrogens with two attached hydrogens (primary N) is 2. The fraction of sp³-hybridized carbons (Fsp3) is 0.391. The molecule has 6 nitrogen and oxygen atoms in total. The molecule has 0 spiro atoms. The molecule has 0 saturated heterocycles. The molecule has 0 bridgehead atoms. The molecule has 4 heterocycles. The van der Waals surface area contributed by atoms with Gasteiger partial charge in [0.1, 0.15) is 23.0 Å². The monoisotopic (exact) mass is 391 g/mol. The summed E-state index contributed by atoms with van der Waals surface area (Å²) in [6, 6.07) is 8.03. The molecule has 0 aromatic carbocycles. The number of aromatic nitrogens is 3. The van der Waals surface area contributed by atoms with Gasteiger partial charge in [-0.05, 0) is 25.0 Å². The first-order chi connectivity index (χ1) is 13.6. The fourth-order valence-electron chi connectivity index (χ4n) is 4.05. The molecule has 0 radical (unpaired) electrons. The highest BCUT2D eigenvalue weighted by molar-refractivity contribution is 5.83. The van der Waals surface area contributed by atoms with Gasteiger partial charge in [-0.2, -0.15) is 0 Å². The van der Waals surface area contributed by atoms with E-state index in [2.05, 4.69) is 61.4 Å². The van der Waals surface area contributed by atoms with Crippen LogP contribution in [0.4, 0.5) is 11.6 Å². The van der Waals surface area contributed by atoms with Crippen LogP contribution in [0.3, 0.4) is 0 Å². The van der Waals surface area contributed by atoms with Gasteiger partial charge in [0.15, 0.2) is 0 Å². The van der Waals surface area contributed by atoms with Crippen LogP contribution in [-0.4, -0.2) is 14.5 Å². The Morgan fingerprint density at radius 1 is 0.862 bits per heavy atom. The van der Waals surface area contributed by atoms with Gasteiger partial charge in [-0.25, -0.2) is 9.97 Å². The van der Waals surface area contributed by atoms with Crippen molar-refractivity contribution in [3.05, 3.63) is 48.1 Å². The molecule has 0 aliphatic carbocycles. The van der Waals surface area contributed by atoms with Crippen molar-refractivity contribution in [2.45, 2.75) is 51.4 Å². The number of hydrogen-bond donors (Lipinski definition) is 2. The van der Waals surface area contributed by atoms with Crippen LogP contribution in [-0.2, 0) is 17.9 Å². The molecule has 0 aliphatic rings. The molecule has 4 aromatic rings. The van der Waals surface area contributed by atoms with Crippen LogP contribution in [0.1, 0.15) is 52.0 Å². The lowest BCUT2D eigenvalue weighted by atomic mass is 9.76. The van der Waals surface area contributed by atoms with Crippen molar-refractivity contribution < 1.29 is 4.42 Å². The van der Waals surface area contributed by atoms with E-state index in [9.17, 15) is 0 Å². The molecule has 0 saturated carbocycles. The van der Waals surface area contributed by atoms with Gasteiger partial charge in [-0.3, -0.25) is 0 Å². The number of nitrogens with zero attached hydrogens (tertiary/aromatic N) is 3. The smallest absolute Gasteiger partial charge is 0.139 e. The van der Waals surface area contributed by atoms with Crippen molar-refractivity contribution in [1.29, 1.82) is 0 Å². The summed E-state index contributed by atoms with van der Waals surface area (Å²) in [5, 5.41) is 2.10. The van der Waals surface area contributed by atoms with Crippen molar-refractivity contribution in [2.24, 2.45) is 7.05 Å². The lowest BCUT2D eigenvalue weighted by molar-refractivity contribution is 0.323. The van der Waals surface area contributed by atoms with Gasteiger partial charge in [0, 0.05) is 58.9 Å². The number of rotatable bonds is 5. The van der Waals surface area contributed by atoms with E-state index in [-0.39, 0.29) is 10.8 Å². The topological polar surface area (TPSA) is 95.9 Å². The van der Waals surface area contributed by atoms with Crippen LogP contribution >= 0.6 is 0 Å². The minimum atomic E-state index is -0.110. The van der Waals surface area contributed by atoms with Crippen molar-refractivity contribution in [1.82, 2.24) is 14.5 Å². The minimum Gasteiger partial charge on any atom is -0.460 e. The summed E-state index contributed by atoms with van der Waals surface area (Å²) >= 11 is 0. The summed E-state index contributed by atoms with van der Waals surface area (Å²) in [4.78, 5) is 8.40. The Labute approximate surface area is 170 Å². The van der Waals surface area contributed by atoms with Crippen molar-refractivity contribution in [3.63, 3.8) is 0 Å². The number of fused-ring (bicyclic) bond motifs is 2. The maximum atomic E-state index is 6.12. The van der Waals surface area contributed by atoms with Crippen LogP contribution in [0, 0.1) is 0 Å². The number of hydrogen-bond acceptors (Lipinski definition) is 5. The van der Waals surface area contributed by atoms with Gasteiger partial charge < -0.3 is 20.5 Å². The third-order valence-corrected chi connectivity index (χ3v) is 6.11. The third-order valence-electron chi connectivity index (χ3n) is 6.11. The second-order valence-corrected chi connectivity index (χ2v) is 9.28. The lowest BCUT2D eigenvalue weighted by Crippen LogP contribution is -2.25. The maximum Gasteiger partial charge on any atom is 0.139 e. The van der Waals surface area contributed by atoms with E-state index >= 15 is 0 Å². The van der Waals surface area contributed by atoms with E-state index in [1.54, 1.807) is 12.3 Å². The molecular formula is C23H29N5O. The van der Waals surface area contributed by atoms with Gasteiger partial charge in [0.05, 0.1) is 5.52 Å². The molecule has 4 rings (SSSR count). The summed E-state index contributed by atoms with van der Waals surface area (Å²) in [6.07, 6.45) is 5.60. The zero-order valence-corrected chi connectivity index (χ0v) is 17.8. The Morgan fingerprint density at radius 3 is 2.21 bits per heavy atom. The fourth-order valence-corrected chi connectivity index (χ4v) is 4.05. The second-order valence-electron chi connectivity index (χ2n) is 9.28. The normalized spacial score (nSPS) is 12.9. The number of aryl methyl sites for hydroxylation is 1. The van der Waals surface area contributed by atoms with E-state index in [0.717, 1.165) is 40.5 Å². The Balaban J connectivity index is 1.60. The van der Waals surface area contributed by atoms with E-state index in [1.165, 1.54) is 5.69 Å². The summed E-state index contributed by atoms with van der Waals surface area (Å²) in [6.45, 7) is 9.03. The van der Waals surface area contributed by atoms with Gasteiger partial charge in [0.25, 0.3) is 0 Å². The molecule has 6 heteroatoms. The quantitative estimate of drug-likeness (QED) is 0.504. The van der Waals surface area contributed by atoms with Crippen molar-refractivity contribution >= 4 is 33.5 Å². The highest BCUT2D eigenvalue weighted by Gasteiger charge is 2.31. The maximum absolute atomic E-state index is 6.12. The first kappa shape index (κ1) is 19.3. The van der Waals surface area contributed by atoms with Crippen molar-refractivity contribution in [2.75, 3.05) is 11.5 Å². The average Bonchev–Trinajstić information content (AvgIpc) is 3.22. The summed E-state index contributed by atoms with van der Waals surface area (Å²) in [7, 11) is 2.10. The average molecular weight is 392 g/mol. The second kappa shape index (κ2) is 6.51. The minimum absolute atomic E-state index is 0.0161. The molecule has 4 aromatic heterocycles. The van der Waals surface area contributed by atoms with Gasteiger partial charge >= 0.3 is 0 Å². The highest BCUT2D eigenvalue weighted by atomic mass is 16.3. The molecule has 0 unspecified atom stereocenters. The Bertz CT molecular complexity index is 1200. The van der Waals surface area contributed by atoms with Crippen LogP contribution in [0.5, 0.6) is 0 Å². The Hall–Kier alpha value is -3.02. The van der Waals surface area contributed by atoms with Gasteiger partial charge in [-0.1, -0.05) is 27.7 Å². The lowest BCUT2D eigenvalue weighted by Gasteiger charge is -2.30. The van der Waals surface area contributed by atoms with Crippen LogP contribution in [0.25, 0.3) is 21.9 Å². The van der Waals surface area contributed by atoms with Crippen molar-refractivity contribution in [3.8, 4) is 0 Å². The van der Waals surface area contributed by atoms with Crippen LogP contribution in [0.15, 0.2) is 41.1 Å². The SMILES string of the molecule is Cn1c(C(C)(C)CCC(C)(C)c2cc3cnc(N)cc3o2)cc2cnc(N)cc21. The molecular weight excluding hydrogens is 362 g/mol. The van der Waals surface area contributed by atoms with Crippen LogP contribution < -0.4 is 11.5 Å². The molecule has 152 valence electrons. The van der Waals surface area contributed by atoms with E-state index in [1.807, 2.05) is 12.3 Å². The Morgan fingerprint density at radius 2 is 1.48 bits per heavy atom. The van der Waals surface area contributed by atoms with E-state index in [4.69, 9.17) is 15.9 Å². The predicted octanol–water partition coefficient (Wildman–Crippen LogP) is 4.91. The highest BCUT2D eigenvalue weighted by Crippen LogP contribution is 2.39. The molecule has 0 aliphatic heterocycles. The molecule has 4 N–H and O–H groups in total. The number of anilines is 2. The predicted molar refractivity (Wildman–Crippen MR) is 119 cm³/mol. The summed E-state index contributed by atoms with van der Waals surface area (Å²) in [5.41, 5.74) is 14.7. The summed E-state index contributed by atoms with van der Waals surface area (Å²) < 4.78 is 8.35. The molecule has 0 atom stereocenters. The molecule has 0 fully saturated rings. The first-order valence-electron chi connectivity index (χ1n) is 9.94. The largest absolute Gasteiger partial charge is 0.460 e. The van der Waals surface area contributed by atoms with Crippen LogP contribution in [0.2, 0.25) is 0 Å². The third kappa shape index (κ3) is 3.43. The van der Waals surface area contributed by atoms with E-state index in [0.29, 0.717) is 11.6 Å². The number of pyridine rings is 2. The number of furan rings is 1.